The highest BCUT2D eigenvalue weighted by Gasteiger charge is 2.28. The molecule has 1 aromatic heterocycles. The maximum Gasteiger partial charge on any atom is 0.101 e. The van der Waals surface area contributed by atoms with Gasteiger partial charge in [-0.1, -0.05) is 19.1 Å². The minimum atomic E-state index is 0.486. The second-order valence-corrected chi connectivity index (χ2v) is 4.99. The van der Waals surface area contributed by atoms with Gasteiger partial charge in [0.15, 0.2) is 0 Å². The van der Waals surface area contributed by atoms with Crippen LogP contribution in [-0.2, 0) is 12.3 Å². The molecular weight excluding hydrogens is 210 g/mol. The van der Waals surface area contributed by atoms with E-state index in [0.29, 0.717) is 11.9 Å². The van der Waals surface area contributed by atoms with E-state index in [1.54, 1.807) is 0 Å². The van der Waals surface area contributed by atoms with Crippen LogP contribution in [0.1, 0.15) is 50.5 Å². The Hall–Kier alpha value is -0.570. The Balaban J connectivity index is 2.13. The highest BCUT2D eigenvalue weighted by atomic mass is 35.5. The van der Waals surface area contributed by atoms with Crippen molar-refractivity contribution < 1.29 is 0 Å². The largest absolute Gasteiger partial charge is 0.246 e. The molecule has 1 aliphatic rings. The monoisotopic (exact) mass is 227 g/mol. The summed E-state index contributed by atoms with van der Waals surface area (Å²) in [7, 11) is 0. The van der Waals surface area contributed by atoms with Gasteiger partial charge in [0.25, 0.3) is 0 Å². The molecule has 15 heavy (non-hydrogen) atoms. The van der Waals surface area contributed by atoms with Crippen molar-refractivity contribution in [3.8, 4) is 0 Å². The Kier molecular flexibility index (Phi) is 3.29. The molecule has 4 heteroatoms. The lowest BCUT2D eigenvalue weighted by Gasteiger charge is -2.07. The maximum absolute atomic E-state index is 5.87. The minimum absolute atomic E-state index is 0.486. The minimum Gasteiger partial charge on any atom is -0.246 e. The van der Waals surface area contributed by atoms with Crippen molar-refractivity contribution in [1.29, 1.82) is 0 Å². The molecule has 0 spiro atoms. The van der Waals surface area contributed by atoms with Crippen LogP contribution in [0.3, 0.4) is 0 Å². The number of hydrogen-bond acceptors (Lipinski definition) is 2. The van der Waals surface area contributed by atoms with Gasteiger partial charge in [0.05, 0.1) is 17.6 Å². The van der Waals surface area contributed by atoms with Crippen molar-refractivity contribution in [2.24, 2.45) is 5.92 Å². The van der Waals surface area contributed by atoms with Gasteiger partial charge in [-0.05, 0) is 31.6 Å². The van der Waals surface area contributed by atoms with E-state index in [1.165, 1.54) is 25.0 Å². The summed E-state index contributed by atoms with van der Waals surface area (Å²) >= 11 is 5.87. The fraction of sp³-hybridized carbons (Fsp3) is 0.818. The van der Waals surface area contributed by atoms with E-state index in [-0.39, 0.29) is 0 Å². The van der Waals surface area contributed by atoms with Crippen molar-refractivity contribution in [3.05, 3.63) is 11.4 Å². The quantitative estimate of drug-likeness (QED) is 0.725. The summed E-state index contributed by atoms with van der Waals surface area (Å²) in [5.74, 6) is 1.20. The van der Waals surface area contributed by atoms with Gasteiger partial charge < -0.3 is 0 Å². The van der Waals surface area contributed by atoms with E-state index in [0.717, 1.165) is 18.0 Å². The summed E-state index contributed by atoms with van der Waals surface area (Å²) in [4.78, 5) is 0. The lowest BCUT2D eigenvalue weighted by Crippen LogP contribution is -2.05. The van der Waals surface area contributed by atoms with Gasteiger partial charge in [0, 0.05) is 0 Å². The molecule has 1 fully saturated rings. The molecule has 3 nitrogen and oxygen atoms in total. The Morgan fingerprint density at radius 1 is 1.47 bits per heavy atom. The standard InChI is InChI=1S/C11H18ClN3/c1-8(2)3-6-11-10(7-12)13-14-15(11)9-4-5-9/h8-9H,3-7H2,1-2H3. The molecule has 0 amide bonds. The molecule has 1 aromatic rings. The highest BCUT2D eigenvalue weighted by Crippen LogP contribution is 2.36. The molecular formula is C11H18ClN3. The van der Waals surface area contributed by atoms with Gasteiger partial charge in [-0.15, -0.1) is 16.7 Å². The zero-order valence-corrected chi connectivity index (χ0v) is 10.2. The number of nitrogens with zero attached hydrogens (tertiary/aromatic N) is 3. The van der Waals surface area contributed by atoms with E-state index >= 15 is 0 Å². The van der Waals surface area contributed by atoms with Gasteiger partial charge >= 0.3 is 0 Å². The lowest BCUT2D eigenvalue weighted by molar-refractivity contribution is 0.535. The average Bonchev–Trinajstić information content (AvgIpc) is 2.96. The summed E-state index contributed by atoms with van der Waals surface area (Å²) in [5.41, 5.74) is 2.24. The van der Waals surface area contributed by atoms with Crippen molar-refractivity contribution >= 4 is 11.6 Å². The molecule has 0 unspecified atom stereocenters. The fourth-order valence-corrected chi connectivity index (χ4v) is 1.95. The normalized spacial score (nSPS) is 16.3. The van der Waals surface area contributed by atoms with Crippen LogP contribution in [0.4, 0.5) is 0 Å². The van der Waals surface area contributed by atoms with Crippen LogP contribution in [0, 0.1) is 5.92 Å². The zero-order valence-electron chi connectivity index (χ0n) is 9.41. The Labute approximate surface area is 95.8 Å². The summed E-state index contributed by atoms with van der Waals surface area (Å²) in [6.45, 7) is 4.48. The van der Waals surface area contributed by atoms with Crippen LogP contribution in [0.15, 0.2) is 0 Å². The molecule has 1 saturated carbocycles. The van der Waals surface area contributed by atoms with E-state index in [9.17, 15) is 0 Å². The third-order valence-electron chi connectivity index (χ3n) is 2.85. The van der Waals surface area contributed by atoms with Crippen molar-refractivity contribution in [1.82, 2.24) is 15.0 Å². The van der Waals surface area contributed by atoms with Crippen LogP contribution in [-0.4, -0.2) is 15.0 Å². The molecule has 84 valence electrons. The number of halogens is 1. The average molecular weight is 228 g/mol. The Morgan fingerprint density at radius 3 is 2.73 bits per heavy atom. The number of rotatable bonds is 5. The van der Waals surface area contributed by atoms with E-state index in [4.69, 9.17) is 11.6 Å². The molecule has 1 heterocycles. The van der Waals surface area contributed by atoms with E-state index in [1.807, 2.05) is 0 Å². The predicted molar refractivity (Wildman–Crippen MR) is 61.0 cm³/mol. The summed E-state index contributed by atoms with van der Waals surface area (Å²) in [6, 6.07) is 0.608. The van der Waals surface area contributed by atoms with Crippen LogP contribution in [0.25, 0.3) is 0 Å². The molecule has 1 aliphatic carbocycles. The van der Waals surface area contributed by atoms with Gasteiger partial charge in [-0.2, -0.15) is 0 Å². The topological polar surface area (TPSA) is 30.7 Å². The summed E-state index contributed by atoms with van der Waals surface area (Å²) in [6.07, 6.45) is 4.74. The zero-order chi connectivity index (χ0) is 10.8. The number of aromatic nitrogens is 3. The highest BCUT2D eigenvalue weighted by molar-refractivity contribution is 6.16. The molecule has 2 rings (SSSR count). The Bertz CT molecular complexity index is 329. The first kappa shape index (κ1) is 10.9. The van der Waals surface area contributed by atoms with Crippen molar-refractivity contribution in [3.63, 3.8) is 0 Å². The molecule has 0 N–H and O–H groups in total. The number of alkyl halides is 1. The van der Waals surface area contributed by atoms with E-state index in [2.05, 4.69) is 28.8 Å². The molecule has 0 aliphatic heterocycles. The summed E-state index contributed by atoms with van der Waals surface area (Å²) < 4.78 is 2.10. The first-order valence-electron chi connectivity index (χ1n) is 5.71. The smallest absolute Gasteiger partial charge is 0.101 e. The molecule has 0 saturated heterocycles. The van der Waals surface area contributed by atoms with Crippen molar-refractivity contribution in [2.45, 2.75) is 51.5 Å². The summed E-state index contributed by atoms with van der Waals surface area (Å²) in [5, 5.41) is 8.36. The third-order valence-corrected chi connectivity index (χ3v) is 3.10. The van der Waals surface area contributed by atoms with Crippen LogP contribution in [0.2, 0.25) is 0 Å². The SMILES string of the molecule is CC(C)CCc1c(CCl)nnn1C1CC1. The second-order valence-electron chi connectivity index (χ2n) is 4.72. The first-order valence-corrected chi connectivity index (χ1v) is 6.24. The lowest BCUT2D eigenvalue weighted by atomic mass is 10.1. The second kappa shape index (κ2) is 4.52. The van der Waals surface area contributed by atoms with Gasteiger partial charge in [-0.25, -0.2) is 4.68 Å². The molecule has 0 radical (unpaired) electrons. The van der Waals surface area contributed by atoms with E-state index < -0.39 is 0 Å². The third kappa shape index (κ3) is 2.51. The first-order chi connectivity index (χ1) is 7.22. The van der Waals surface area contributed by atoms with Gasteiger partial charge in [0.1, 0.15) is 5.69 Å². The molecule has 0 bridgehead atoms. The Morgan fingerprint density at radius 2 is 2.20 bits per heavy atom. The maximum atomic E-state index is 5.87. The van der Waals surface area contributed by atoms with Crippen molar-refractivity contribution in [2.75, 3.05) is 0 Å². The molecule has 0 atom stereocenters. The van der Waals surface area contributed by atoms with Crippen LogP contribution >= 0.6 is 11.6 Å². The van der Waals surface area contributed by atoms with Gasteiger partial charge in [-0.3, -0.25) is 0 Å². The fourth-order valence-electron chi connectivity index (χ4n) is 1.75. The van der Waals surface area contributed by atoms with Crippen LogP contribution in [0.5, 0.6) is 0 Å². The predicted octanol–water partition coefficient (Wildman–Crippen LogP) is 2.94. The van der Waals surface area contributed by atoms with Crippen LogP contribution < -0.4 is 0 Å². The van der Waals surface area contributed by atoms with Gasteiger partial charge in [0.2, 0.25) is 0 Å². The molecule has 0 aromatic carbocycles. The number of hydrogen-bond donors (Lipinski definition) is 0.